The highest BCUT2D eigenvalue weighted by Crippen LogP contribution is 2.32. The molecular weight excluding hydrogens is 238 g/mol. The van der Waals surface area contributed by atoms with Crippen LogP contribution >= 0.6 is 0 Å². The van der Waals surface area contributed by atoms with Crippen molar-refractivity contribution in [3.63, 3.8) is 0 Å². The van der Waals surface area contributed by atoms with Crippen LogP contribution in [0.25, 0.3) is 0 Å². The number of nitrogens with zero attached hydrogens (tertiary/aromatic N) is 3. The Kier molecular flexibility index (Phi) is 2.22. The van der Waals surface area contributed by atoms with Crippen LogP contribution in [0.1, 0.15) is 22.4 Å². The topological polar surface area (TPSA) is 67.1 Å². The number of benzene rings is 1. The first-order chi connectivity index (χ1) is 9.31. The lowest BCUT2D eigenvalue weighted by molar-refractivity contribution is 0.755. The number of hydrogen-bond donors (Lipinski definition) is 2. The van der Waals surface area contributed by atoms with E-state index in [1.165, 1.54) is 16.7 Å². The van der Waals surface area contributed by atoms with Crippen molar-refractivity contribution in [1.82, 2.24) is 15.3 Å². The van der Waals surface area contributed by atoms with Crippen molar-refractivity contribution in [1.29, 1.82) is 0 Å². The molecule has 0 amide bonds. The summed E-state index contributed by atoms with van der Waals surface area (Å²) >= 11 is 0. The van der Waals surface area contributed by atoms with Gasteiger partial charge in [0, 0.05) is 31.7 Å². The van der Waals surface area contributed by atoms with Gasteiger partial charge >= 0.3 is 0 Å². The number of hydrogen-bond acceptors (Lipinski definition) is 5. The highest BCUT2D eigenvalue weighted by atomic mass is 15.2. The lowest BCUT2D eigenvalue weighted by atomic mass is 10.1. The molecule has 4 rings (SSSR count). The first kappa shape index (κ1) is 10.8. The molecule has 1 aromatic carbocycles. The third-order valence-electron chi connectivity index (χ3n) is 3.82. The molecule has 0 aliphatic carbocycles. The minimum Gasteiger partial charge on any atom is -0.368 e. The van der Waals surface area contributed by atoms with Gasteiger partial charge in [0.2, 0.25) is 5.95 Å². The van der Waals surface area contributed by atoms with Crippen LogP contribution in [-0.4, -0.2) is 9.97 Å². The highest BCUT2D eigenvalue weighted by molar-refractivity contribution is 5.56. The second-order valence-electron chi connectivity index (χ2n) is 5.06. The third-order valence-corrected chi connectivity index (χ3v) is 3.82. The summed E-state index contributed by atoms with van der Waals surface area (Å²) in [5.74, 6) is 1.36. The van der Waals surface area contributed by atoms with Gasteiger partial charge in [0.25, 0.3) is 0 Å². The molecule has 0 saturated carbocycles. The minimum absolute atomic E-state index is 0.369. The largest absolute Gasteiger partial charge is 0.368 e. The molecule has 0 spiro atoms. The normalized spacial score (nSPS) is 16.5. The molecule has 2 aromatic rings. The number of rotatable bonds is 1. The van der Waals surface area contributed by atoms with E-state index in [-0.39, 0.29) is 0 Å². The van der Waals surface area contributed by atoms with Crippen molar-refractivity contribution >= 4 is 11.8 Å². The molecule has 3 heterocycles. The molecule has 0 saturated heterocycles. The summed E-state index contributed by atoms with van der Waals surface area (Å²) in [6.07, 6.45) is 0. The lowest BCUT2D eigenvalue weighted by Gasteiger charge is -2.19. The third kappa shape index (κ3) is 1.66. The second-order valence-corrected chi connectivity index (χ2v) is 5.06. The Morgan fingerprint density at radius 3 is 2.53 bits per heavy atom. The summed E-state index contributed by atoms with van der Waals surface area (Å²) in [5.41, 5.74) is 10.8. The molecule has 19 heavy (non-hydrogen) atoms. The van der Waals surface area contributed by atoms with Gasteiger partial charge in [-0.2, -0.15) is 4.98 Å². The van der Waals surface area contributed by atoms with Gasteiger partial charge in [-0.1, -0.05) is 24.3 Å². The van der Waals surface area contributed by atoms with E-state index in [1.54, 1.807) is 0 Å². The molecule has 0 atom stereocenters. The van der Waals surface area contributed by atoms with E-state index < -0.39 is 0 Å². The highest BCUT2D eigenvalue weighted by Gasteiger charge is 2.26. The van der Waals surface area contributed by atoms with Crippen LogP contribution < -0.4 is 16.0 Å². The summed E-state index contributed by atoms with van der Waals surface area (Å²) in [6, 6.07) is 8.53. The van der Waals surface area contributed by atoms with E-state index in [2.05, 4.69) is 44.5 Å². The number of nitrogen functional groups attached to an aromatic ring is 1. The van der Waals surface area contributed by atoms with Gasteiger partial charge in [-0.15, -0.1) is 0 Å². The van der Waals surface area contributed by atoms with Crippen molar-refractivity contribution in [3.05, 3.63) is 46.6 Å². The summed E-state index contributed by atoms with van der Waals surface area (Å²) in [6.45, 7) is 3.42. The quantitative estimate of drug-likeness (QED) is 0.799. The maximum atomic E-state index is 5.83. The van der Waals surface area contributed by atoms with Crippen LogP contribution in [-0.2, 0) is 26.2 Å². The molecular formula is C14H15N5. The Balaban J connectivity index is 1.76. The molecule has 5 nitrogen and oxygen atoms in total. The predicted octanol–water partition coefficient (Wildman–Crippen LogP) is 1.18. The van der Waals surface area contributed by atoms with Crippen LogP contribution in [0.2, 0.25) is 0 Å². The minimum atomic E-state index is 0.369. The van der Waals surface area contributed by atoms with Crippen LogP contribution in [0.5, 0.6) is 0 Å². The number of anilines is 2. The Labute approximate surface area is 111 Å². The smallest absolute Gasteiger partial charge is 0.222 e. The standard InChI is InChI=1S/C14H15N5/c15-14-17-12-6-16-5-11(12)13(18-14)19-7-9-3-1-2-4-10(9)8-19/h1-4,16H,5-8H2,(H2,15,17,18). The SMILES string of the molecule is Nc1nc2c(c(N3Cc4ccccc4C3)n1)CNC2. The second kappa shape index (κ2) is 3.93. The van der Waals surface area contributed by atoms with Crippen LogP contribution in [0.15, 0.2) is 24.3 Å². The van der Waals surface area contributed by atoms with Crippen molar-refractivity contribution in [2.45, 2.75) is 26.2 Å². The molecule has 3 N–H and O–H groups in total. The molecule has 0 radical (unpaired) electrons. The van der Waals surface area contributed by atoms with Crippen molar-refractivity contribution in [3.8, 4) is 0 Å². The monoisotopic (exact) mass is 253 g/mol. The van der Waals surface area contributed by atoms with E-state index in [1.807, 2.05) is 0 Å². The molecule has 2 aliphatic heterocycles. The molecule has 5 heteroatoms. The first-order valence-electron chi connectivity index (χ1n) is 6.49. The summed E-state index contributed by atoms with van der Waals surface area (Å²) in [7, 11) is 0. The van der Waals surface area contributed by atoms with Crippen molar-refractivity contribution < 1.29 is 0 Å². The molecule has 0 bridgehead atoms. The zero-order chi connectivity index (χ0) is 12.8. The Bertz CT molecular complexity index is 627. The van der Waals surface area contributed by atoms with Gasteiger partial charge in [0.15, 0.2) is 0 Å². The van der Waals surface area contributed by atoms with E-state index >= 15 is 0 Å². The number of aromatic nitrogens is 2. The summed E-state index contributed by atoms with van der Waals surface area (Å²) in [5, 5.41) is 3.32. The Hall–Kier alpha value is -2.14. The lowest BCUT2D eigenvalue weighted by Crippen LogP contribution is -2.19. The van der Waals surface area contributed by atoms with E-state index in [4.69, 9.17) is 5.73 Å². The number of nitrogens with one attached hydrogen (secondary N) is 1. The molecule has 0 fully saturated rings. The number of nitrogens with two attached hydrogens (primary N) is 1. The van der Waals surface area contributed by atoms with E-state index in [0.717, 1.165) is 37.7 Å². The van der Waals surface area contributed by atoms with Crippen molar-refractivity contribution in [2.24, 2.45) is 0 Å². The molecule has 96 valence electrons. The van der Waals surface area contributed by atoms with Gasteiger partial charge < -0.3 is 16.0 Å². The first-order valence-corrected chi connectivity index (χ1v) is 6.49. The summed E-state index contributed by atoms with van der Waals surface area (Å²) < 4.78 is 0. The molecule has 0 unspecified atom stereocenters. The van der Waals surface area contributed by atoms with Gasteiger partial charge in [0.1, 0.15) is 5.82 Å². The van der Waals surface area contributed by atoms with Crippen LogP contribution in [0.3, 0.4) is 0 Å². The van der Waals surface area contributed by atoms with Gasteiger partial charge in [-0.05, 0) is 11.1 Å². The van der Waals surface area contributed by atoms with Crippen LogP contribution in [0, 0.1) is 0 Å². The summed E-state index contributed by atoms with van der Waals surface area (Å²) in [4.78, 5) is 11.1. The fourth-order valence-electron chi connectivity index (χ4n) is 2.91. The van der Waals surface area contributed by atoms with Gasteiger partial charge in [-0.25, -0.2) is 4.98 Å². The maximum absolute atomic E-state index is 5.83. The Morgan fingerprint density at radius 1 is 1.05 bits per heavy atom. The molecule has 1 aromatic heterocycles. The van der Waals surface area contributed by atoms with Gasteiger partial charge in [-0.3, -0.25) is 0 Å². The van der Waals surface area contributed by atoms with Crippen LogP contribution in [0.4, 0.5) is 11.8 Å². The zero-order valence-electron chi connectivity index (χ0n) is 10.6. The average molecular weight is 253 g/mol. The molecule has 2 aliphatic rings. The number of fused-ring (bicyclic) bond motifs is 2. The van der Waals surface area contributed by atoms with Gasteiger partial charge in [0.05, 0.1) is 5.69 Å². The van der Waals surface area contributed by atoms with Crippen molar-refractivity contribution in [2.75, 3.05) is 10.6 Å². The fraction of sp³-hybridized carbons (Fsp3) is 0.286. The van der Waals surface area contributed by atoms with E-state index in [9.17, 15) is 0 Å². The maximum Gasteiger partial charge on any atom is 0.222 e. The average Bonchev–Trinajstić information content (AvgIpc) is 3.03. The van der Waals surface area contributed by atoms with E-state index in [0.29, 0.717) is 5.95 Å². The Morgan fingerprint density at radius 2 is 1.79 bits per heavy atom. The fourth-order valence-corrected chi connectivity index (χ4v) is 2.91. The zero-order valence-corrected chi connectivity index (χ0v) is 10.6. The predicted molar refractivity (Wildman–Crippen MR) is 73.3 cm³/mol.